The Bertz CT molecular complexity index is 954. The predicted molar refractivity (Wildman–Crippen MR) is 126 cm³/mol. The van der Waals surface area contributed by atoms with Crippen LogP contribution in [0.25, 0.3) is 0 Å². The fraction of sp³-hybridized carbons (Fsp3) is 0.400. The highest BCUT2D eigenvalue weighted by atomic mass is 35.5. The van der Waals surface area contributed by atoms with E-state index in [9.17, 15) is 20.2 Å². The highest BCUT2D eigenvalue weighted by molar-refractivity contribution is 6.63. The minimum atomic E-state index is -1.15. The molecule has 0 fully saturated rings. The molecule has 0 radical (unpaired) electrons. The summed E-state index contributed by atoms with van der Waals surface area (Å²) in [4.78, 5) is 10.0. The van der Waals surface area contributed by atoms with E-state index >= 15 is 0 Å². The van der Waals surface area contributed by atoms with E-state index in [1.165, 1.54) is 0 Å². The van der Waals surface area contributed by atoms with Crippen LogP contribution in [-0.4, -0.2) is 55.5 Å². The van der Waals surface area contributed by atoms with Crippen LogP contribution in [-0.2, 0) is 9.31 Å². The van der Waals surface area contributed by atoms with Crippen molar-refractivity contribution in [1.82, 2.24) is 0 Å². The zero-order chi connectivity index (χ0) is 23.3. The molecule has 2 aliphatic heterocycles. The Morgan fingerprint density at radius 1 is 0.970 bits per heavy atom. The molecule has 33 heavy (non-hydrogen) atoms. The van der Waals surface area contributed by atoms with Gasteiger partial charge in [-0.1, -0.05) is 24.3 Å². The van der Waals surface area contributed by atoms with Crippen molar-refractivity contribution in [3.63, 3.8) is 0 Å². The standard InChI is InChI=1S/C10H12BNO5.C10H14BNO3.ClH/c1-2-16-8-5-3-4-7-9(6-12(14)15)17-11(13)10(7)8;1-2-14-8-5-3-4-7-9(6-12)15-11(13)10(7)8;/h3-5,9,13H,2,6H2,1H3;3-5,9,13H,2,6,12H2,1H3;1H. The number of fused-ring (bicyclic) bond motifs is 2. The number of hydrogen-bond donors (Lipinski definition) is 3. The molecule has 2 atom stereocenters. The molecule has 0 aliphatic carbocycles. The maximum absolute atomic E-state index is 10.5. The zero-order valence-corrected chi connectivity index (χ0v) is 19.2. The Balaban J connectivity index is 0.000000228. The van der Waals surface area contributed by atoms with Gasteiger partial charge in [0.15, 0.2) is 0 Å². The summed E-state index contributed by atoms with van der Waals surface area (Å²) in [5, 5.41) is 30.0. The van der Waals surface area contributed by atoms with E-state index < -0.39 is 25.3 Å². The summed E-state index contributed by atoms with van der Waals surface area (Å²) >= 11 is 0. The summed E-state index contributed by atoms with van der Waals surface area (Å²) in [6.07, 6.45) is -0.939. The molecule has 2 unspecified atom stereocenters. The fourth-order valence-corrected chi connectivity index (χ4v) is 3.83. The second kappa shape index (κ2) is 12.2. The first-order chi connectivity index (χ1) is 15.4. The lowest BCUT2D eigenvalue weighted by molar-refractivity contribution is -0.490. The van der Waals surface area contributed by atoms with Gasteiger partial charge in [-0.2, -0.15) is 0 Å². The summed E-state index contributed by atoms with van der Waals surface area (Å²) in [5.41, 5.74) is 8.33. The summed E-state index contributed by atoms with van der Waals surface area (Å²) in [7, 11) is -2.08. The van der Waals surface area contributed by atoms with Crippen molar-refractivity contribution in [3.8, 4) is 11.5 Å². The van der Waals surface area contributed by atoms with E-state index in [1.54, 1.807) is 18.2 Å². The molecule has 2 aromatic rings. The number of nitrogens with zero attached hydrogens (tertiary/aromatic N) is 1. The van der Waals surface area contributed by atoms with E-state index in [0.717, 1.165) is 11.0 Å². The molecule has 4 rings (SSSR count). The molecule has 2 heterocycles. The summed E-state index contributed by atoms with van der Waals surface area (Å²) in [5.74, 6) is 1.20. The molecule has 0 saturated heterocycles. The molecule has 0 aromatic heterocycles. The number of rotatable bonds is 7. The third-order valence-electron chi connectivity index (χ3n) is 5.10. The van der Waals surface area contributed by atoms with Crippen molar-refractivity contribution < 1.29 is 33.8 Å². The Kier molecular flexibility index (Phi) is 9.96. The van der Waals surface area contributed by atoms with Crippen LogP contribution in [0.15, 0.2) is 36.4 Å². The molecule has 13 heteroatoms. The smallest absolute Gasteiger partial charge is 0.494 e. The monoisotopic (exact) mass is 480 g/mol. The average molecular weight is 481 g/mol. The predicted octanol–water partition coefficient (Wildman–Crippen LogP) is 0.345. The molecule has 0 amide bonds. The van der Waals surface area contributed by atoms with Crippen LogP contribution in [0.5, 0.6) is 11.5 Å². The van der Waals surface area contributed by atoms with Crippen molar-refractivity contribution in [2.24, 2.45) is 5.73 Å². The Morgan fingerprint density at radius 3 is 1.85 bits per heavy atom. The molecule has 2 aliphatic rings. The molecular weight excluding hydrogens is 453 g/mol. The van der Waals surface area contributed by atoms with Gasteiger partial charge in [0, 0.05) is 22.4 Å². The number of nitrogens with two attached hydrogens (primary N) is 1. The van der Waals surface area contributed by atoms with Gasteiger partial charge in [-0.3, -0.25) is 10.1 Å². The van der Waals surface area contributed by atoms with Crippen molar-refractivity contribution in [1.29, 1.82) is 0 Å². The van der Waals surface area contributed by atoms with E-state index in [4.69, 9.17) is 24.5 Å². The number of ether oxygens (including phenoxy) is 2. The molecule has 0 spiro atoms. The van der Waals surface area contributed by atoms with E-state index in [0.29, 0.717) is 42.3 Å². The first kappa shape index (κ1) is 26.9. The topological polar surface area (TPSA) is 147 Å². The lowest BCUT2D eigenvalue weighted by atomic mass is 9.78. The van der Waals surface area contributed by atoms with Gasteiger partial charge < -0.3 is 34.6 Å². The van der Waals surface area contributed by atoms with Gasteiger partial charge in [-0.25, -0.2) is 0 Å². The number of nitro groups is 1. The van der Waals surface area contributed by atoms with Crippen molar-refractivity contribution in [3.05, 3.63) is 57.6 Å². The van der Waals surface area contributed by atoms with Crippen LogP contribution in [0.1, 0.15) is 37.2 Å². The Morgan fingerprint density at radius 2 is 1.42 bits per heavy atom. The SMILES string of the molecule is CCOc1cccc2c1B(O)OC2CN.CCOc1cccc2c1B(O)OC2C[N+](=O)[O-].Cl. The van der Waals surface area contributed by atoms with Gasteiger partial charge >= 0.3 is 14.2 Å². The van der Waals surface area contributed by atoms with Crippen molar-refractivity contribution >= 4 is 37.6 Å². The number of benzene rings is 2. The Hall–Kier alpha value is -2.34. The van der Waals surface area contributed by atoms with E-state index in [-0.39, 0.29) is 25.1 Å². The third kappa shape index (κ3) is 5.97. The molecule has 0 saturated carbocycles. The van der Waals surface area contributed by atoms with E-state index in [2.05, 4.69) is 0 Å². The van der Waals surface area contributed by atoms with Gasteiger partial charge in [0.05, 0.1) is 19.3 Å². The summed E-state index contributed by atoms with van der Waals surface area (Å²) in [6, 6.07) is 10.8. The van der Waals surface area contributed by atoms with Gasteiger partial charge in [-0.15, -0.1) is 12.4 Å². The quantitative estimate of drug-likeness (QED) is 0.290. The highest BCUT2D eigenvalue weighted by Gasteiger charge is 2.40. The largest absolute Gasteiger partial charge is 0.496 e. The van der Waals surface area contributed by atoms with Crippen LogP contribution >= 0.6 is 12.4 Å². The van der Waals surface area contributed by atoms with E-state index in [1.807, 2.05) is 32.0 Å². The minimum Gasteiger partial charge on any atom is -0.494 e. The zero-order valence-electron chi connectivity index (χ0n) is 18.4. The third-order valence-corrected chi connectivity index (χ3v) is 5.10. The lowest BCUT2D eigenvalue weighted by Crippen LogP contribution is -2.29. The summed E-state index contributed by atoms with van der Waals surface area (Å²) in [6.45, 7) is 4.76. The molecule has 2 aromatic carbocycles. The van der Waals surface area contributed by atoms with Crippen molar-refractivity contribution in [2.75, 3.05) is 26.3 Å². The van der Waals surface area contributed by atoms with Crippen LogP contribution in [0, 0.1) is 10.1 Å². The van der Waals surface area contributed by atoms with Crippen LogP contribution < -0.4 is 26.1 Å². The molecule has 178 valence electrons. The normalized spacial score (nSPS) is 18.0. The Labute approximate surface area is 198 Å². The first-order valence-electron chi connectivity index (χ1n) is 10.4. The van der Waals surface area contributed by atoms with Gasteiger partial charge in [0.25, 0.3) is 0 Å². The second-order valence-electron chi connectivity index (χ2n) is 7.09. The maximum Gasteiger partial charge on any atom is 0.496 e. The van der Waals surface area contributed by atoms with Gasteiger partial charge in [-0.05, 0) is 37.1 Å². The molecule has 4 N–H and O–H groups in total. The molecule has 0 bridgehead atoms. The second-order valence-corrected chi connectivity index (χ2v) is 7.09. The number of hydrogen-bond acceptors (Lipinski definition) is 9. The van der Waals surface area contributed by atoms with Gasteiger partial charge in [0.2, 0.25) is 6.54 Å². The summed E-state index contributed by atoms with van der Waals surface area (Å²) < 4.78 is 21.3. The fourth-order valence-electron chi connectivity index (χ4n) is 3.83. The van der Waals surface area contributed by atoms with Crippen molar-refractivity contribution in [2.45, 2.75) is 26.1 Å². The first-order valence-corrected chi connectivity index (χ1v) is 10.4. The molecular formula is C20H27B2ClN2O8. The van der Waals surface area contributed by atoms with Crippen LogP contribution in [0.4, 0.5) is 0 Å². The van der Waals surface area contributed by atoms with Gasteiger partial charge in [0.1, 0.15) is 17.6 Å². The highest BCUT2D eigenvalue weighted by Crippen LogP contribution is 2.28. The molecule has 10 nitrogen and oxygen atoms in total. The van der Waals surface area contributed by atoms with Crippen LogP contribution in [0.2, 0.25) is 0 Å². The minimum absolute atomic E-state index is 0. The maximum atomic E-state index is 10.5. The average Bonchev–Trinajstić information content (AvgIpc) is 3.26. The lowest BCUT2D eigenvalue weighted by Gasteiger charge is -2.09. The van der Waals surface area contributed by atoms with Crippen LogP contribution in [0.3, 0.4) is 0 Å². The number of halogens is 1.